The molecule has 0 radical (unpaired) electrons. The summed E-state index contributed by atoms with van der Waals surface area (Å²) in [5, 5.41) is 10.8. The lowest BCUT2D eigenvalue weighted by Crippen LogP contribution is -2.30. The number of carbonyl (C=O) groups is 2. The first-order valence-electron chi connectivity index (χ1n) is 8.61. The van der Waals surface area contributed by atoms with E-state index in [-0.39, 0.29) is 22.7 Å². The van der Waals surface area contributed by atoms with Gasteiger partial charge in [-0.2, -0.15) is 0 Å². The van der Waals surface area contributed by atoms with Crippen molar-refractivity contribution in [2.24, 2.45) is 0 Å². The number of aliphatic hydroxyl groups is 1. The minimum Gasteiger partial charge on any atom is -0.507 e. The molecule has 0 aliphatic carbocycles. The van der Waals surface area contributed by atoms with E-state index in [1.807, 2.05) is 0 Å². The van der Waals surface area contributed by atoms with Crippen LogP contribution >= 0.6 is 0 Å². The summed E-state index contributed by atoms with van der Waals surface area (Å²) in [5.74, 6) is -2.51. The first kappa shape index (κ1) is 17.6. The molecular weight excluding hydrogens is 359 g/mol. The van der Waals surface area contributed by atoms with E-state index in [0.717, 1.165) is 4.90 Å². The van der Waals surface area contributed by atoms with Crippen molar-refractivity contribution in [3.05, 3.63) is 102 Å². The number of aliphatic hydroxyl groups excluding tert-OH is 1. The number of benzene rings is 2. The molecule has 3 aromatic rings. The van der Waals surface area contributed by atoms with Crippen LogP contribution in [-0.2, 0) is 9.59 Å². The lowest BCUT2D eigenvalue weighted by atomic mass is 9.95. The number of hydrogen-bond donors (Lipinski definition) is 1. The molecule has 1 amide bonds. The lowest BCUT2D eigenvalue weighted by Gasteiger charge is -2.24. The number of pyridine rings is 1. The third-order valence-electron chi connectivity index (χ3n) is 4.59. The molecule has 1 unspecified atom stereocenters. The molecule has 1 atom stereocenters. The van der Waals surface area contributed by atoms with E-state index >= 15 is 0 Å². The Morgan fingerprint density at radius 2 is 1.61 bits per heavy atom. The number of Topliss-reactive ketones (excluding diaryl/α,β-unsaturated/α-hetero) is 1. The molecule has 2 heterocycles. The van der Waals surface area contributed by atoms with Gasteiger partial charge in [0.15, 0.2) is 0 Å². The number of ketones is 1. The fourth-order valence-corrected chi connectivity index (χ4v) is 3.31. The molecule has 1 aliphatic rings. The van der Waals surface area contributed by atoms with Gasteiger partial charge in [0.1, 0.15) is 17.4 Å². The van der Waals surface area contributed by atoms with Crippen LogP contribution < -0.4 is 4.90 Å². The fraction of sp³-hybridized carbons (Fsp3) is 0.0455. The molecule has 1 fully saturated rings. The first-order valence-corrected chi connectivity index (χ1v) is 8.61. The van der Waals surface area contributed by atoms with Crippen molar-refractivity contribution in [3.63, 3.8) is 0 Å². The van der Waals surface area contributed by atoms with Crippen LogP contribution in [0.1, 0.15) is 17.2 Å². The molecule has 1 aliphatic heterocycles. The number of amides is 1. The molecular formula is C22H15FN2O3. The first-order chi connectivity index (χ1) is 13.6. The second-order valence-corrected chi connectivity index (χ2v) is 6.24. The van der Waals surface area contributed by atoms with Crippen LogP contribution in [0, 0.1) is 5.82 Å². The maximum absolute atomic E-state index is 14.7. The molecule has 5 nitrogen and oxygen atoms in total. The Hall–Kier alpha value is -3.80. The molecule has 6 heteroatoms. The van der Waals surface area contributed by atoms with Crippen molar-refractivity contribution in [1.29, 1.82) is 0 Å². The molecule has 0 saturated carbocycles. The van der Waals surface area contributed by atoms with E-state index in [2.05, 4.69) is 4.98 Å². The second kappa shape index (κ2) is 7.08. The number of rotatable bonds is 3. The van der Waals surface area contributed by atoms with E-state index in [9.17, 15) is 19.1 Å². The maximum atomic E-state index is 14.7. The van der Waals surface area contributed by atoms with Crippen LogP contribution in [0.25, 0.3) is 5.76 Å². The summed E-state index contributed by atoms with van der Waals surface area (Å²) in [7, 11) is 0. The SMILES string of the molecule is O=C1C(=O)N(c2ccccn2)C(c2ccccc2F)/C1=C(\O)c1ccccc1. The molecule has 1 N–H and O–H groups in total. The smallest absolute Gasteiger partial charge is 0.301 e. The van der Waals surface area contributed by atoms with Crippen molar-refractivity contribution in [1.82, 2.24) is 4.98 Å². The van der Waals surface area contributed by atoms with Crippen LogP contribution in [0.15, 0.2) is 84.6 Å². The Morgan fingerprint density at radius 1 is 0.929 bits per heavy atom. The Kier molecular flexibility index (Phi) is 4.45. The Balaban J connectivity index is 1.98. The highest BCUT2D eigenvalue weighted by atomic mass is 19.1. The van der Waals surface area contributed by atoms with Crippen molar-refractivity contribution < 1.29 is 19.1 Å². The highest BCUT2D eigenvalue weighted by Crippen LogP contribution is 2.42. The minimum atomic E-state index is -1.13. The molecule has 28 heavy (non-hydrogen) atoms. The summed E-state index contributed by atoms with van der Waals surface area (Å²) in [4.78, 5) is 30.9. The van der Waals surface area contributed by atoms with E-state index in [0.29, 0.717) is 5.56 Å². The highest BCUT2D eigenvalue weighted by Gasteiger charge is 2.48. The third kappa shape index (κ3) is 2.85. The van der Waals surface area contributed by atoms with Gasteiger partial charge in [-0.15, -0.1) is 0 Å². The number of nitrogens with zero attached hydrogens (tertiary/aromatic N) is 2. The molecule has 1 saturated heterocycles. The average molecular weight is 374 g/mol. The molecule has 1 aromatic heterocycles. The van der Waals surface area contributed by atoms with Gasteiger partial charge in [-0.1, -0.05) is 54.6 Å². The van der Waals surface area contributed by atoms with E-state index in [1.54, 1.807) is 54.6 Å². The maximum Gasteiger partial charge on any atom is 0.301 e. The summed E-state index contributed by atoms with van der Waals surface area (Å²) < 4.78 is 14.7. The van der Waals surface area contributed by atoms with Crippen molar-refractivity contribution in [2.75, 3.05) is 4.90 Å². The van der Waals surface area contributed by atoms with Gasteiger partial charge in [-0.05, 0) is 18.2 Å². The van der Waals surface area contributed by atoms with Gasteiger partial charge in [0, 0.05) is 17.3 Å². The summed E-state index contributed by atoms with van der Waals surface area (Å²) in [6.07, 6.45) is 1.48. The van der Waals surface area contributed by atoms with Gasteiger partial charge in [-0.25, -0.2) is 9.37 Å². The molecule has 4 rings (SSSR count). The largest absolute Gasteiger partial charge is 0.507 e. The standard InChI is InChI=1S/C22H15FN2O3/c23-16-11-5-4-10-15(16)19-18(20(26)14-8-2-1-3-9-14)21(27)22(28)25(19)17-12-6-7-13-24-17/h1-13,19,26H/b20-18+. The van der Waals surface area contributed by atoms with Crippen molar-refractivity contribution >= 4 is 23.3 Å². The van der Waals surface area contributed by atoms with E-state index < -0.39 is 23.5 Å². The summed E-state index contributed by atoms with van der Waals surface area (Å²) >= 11 is 0. The number of aromatic nitrogens is 1. The zero-order chi connectivity index (χ0) is 19.7. The van der Waals surface area contributed by atoms with Crippen molar-refractivity contribution in [3.8, 4) is 0 Å². The number of hydrogen-bond acceptors (Lipinski definition) is 4. The summed E-state index contributed by atoms with van der Waals surface area (Å²) in [6.45, 7) is 0. The number of carbonyl (C=O) groups excluding carboxylic acids is 2. The Labute approximate surface area is 160 Å². The van der Waals surface area contributed by atoms with Gasteiger partial charge < -0.3 is 5.11 Å². The second-order valence-electron chi connectivity index (χ2n) is 6.24. The highest BCUT2D eigenvalue weighted by molar-refractivity contribution is 6.51. The average Bonchev–Trinajstić information content (AvgIpc) is 3.00. The predicted molar refractivity (Wildman–Crippen MR) is 102 cm³/mol. The quantitative estimate of drug-likeness (QED) is 0.430. The third-order valence-corrected chi connectivity index (χ3v) is 4.59. The molecule has 138 valence electrons. The van der Waals surface area contributed by atoms with Gasteiger partial charge in [0.05, 0.1) is 11.6 Å². The zero-order valence-electron chi connectivity index (χ0n) is 14.6. The molecule has 0 spiro atoms. The van der Waals surface area contributed by atoms with Crippen molar-refractivity contribution in [2.45, 2.75) is 6.04 Å². The molecule has 2 aromatic carbocycles. The van der Waals surface area contributed by atoms with E-state index in [1.165, 1.54) is 24.4 Å². The number of halogens is 1. The number of anilines is 1. The van der Waals surface area contributed by atoms with Gasteiger partial charge in [0.25, 0.3) is 5.78 Å². The van der Waals surface area contributed by atoms with Crippen LogP contribution in [0.3, 0.4) is 0 Å². The summed E-state index contributed by atoms with van der Waals surface area (Å²) in [5.41, 5.74) is 0.291. The Bertz CT molecular complexity index is 1080. The monoisotopic (exact) mass is 374 g/mol. The topological polar surface area (TPSA) is 70.5 Å². The van der Waals surface area contributed by atoms with Crippen LogP contribution in [0.5, 0.6) is 0 Å². The lowest BCUT2D eigenvalue weighted by molar-refractivity contribution is -0.132. The molecule has 0 bridgehead atoms. The minimum absolute atomic E-state index is 0.102. The van der Waals surface area contributed by atoms with Crippen LogP contribution in [-0.4, -0.2) is 21.8 Å². The zero-order valence-corrected chi connectivity index (χ0v) is 14.6. The fourth-order valence-electron chi connectivity index (χ4n) is 3.31. The Morgan fingerprint density at radius 3 is 2.29 bits per heavy atom. The van der Waals surface area contributed by atoms with Gasteiger partial charge in [0.2, 0.25) is 0 Å². The van der Waals surface area contributed by atoms with Crippen LogP contribution in [0.2, 0.25) is 0 Å². The normalized spacial score (nSPS) is 18.5. The van der Waals surface area contributed by atoms with Crippen LogP contribution in [0.4, 0.5) is 10.2 Å². The van der Waals surface area contributed by atoms with Gasteiger partial charge >= 0.3 is 5.91 Å². The van der Waals surface area contributed by atoms with Gasteiger partial charge in [-0.3, -0.25) is 14.5 Å². The predicted octanol–water partition coefficient (Wildman–Crippen LogP) is 3.85. The van der Waals surface area contributed by atoms with E-state index in [4.69, 9.17) is 0 Å². The summed E-state index contributed by atoms with van der Waals surface area (Å²) in [6, 6.07) is 18.0.